The van der Waals surface area contributed by atoms with Crippen LogP contribution < -0.4 is 0 Å². The molecular formula is C17H22N2O3. The van der Waals surface area contributed by atoms with Gasteiger partial charge in [-0.1, -0.05) is 0 Å². The molecule has 0 aromatic carbocycles. The van der Waals surface area contributed by atoms with Gasteiger partial charge in [0.2, 0.25) is 0 Å². The Bertz CT molecular complexity index is 569. The van der Waals surface area contributed by atoms with Crippen LogP contribution in [0.5, 0.6) is 0 Å². The van der Waals surface area contributed by atoms with Crippen LogP contribution in [0, 0.1) is 5.92 Å². The predicted octanol–water partition coefficient (Wildman–Crippen LogP) is 2.68. The maximum Gasteiger partial charge on any atom is 0.303 e. The van der Waals surface area contributed by atoms with Gasteiger partial charge in [0.05, 0.1) is 0 Å². The number of likely N-dealkylation sites (tertiary alicyclic amines) is 1. The van der Waals surface area contributed by atoms with Crippen LogP contribution in [-0.4, -0.2) is 40.0 Å². The van der Waals surface area contributed by atoms with Crippen LogP contribution in [0.3, 0.4) is 0 Å². The van der Waals surface area contributed by atoms with Crippen molar-refractivity contribution in [2.75, 3.05) is 13.1 Å². The van der Waals surface area contributed by atoms with Crippen molar-refractivity contribution in [1.82, 2.24) is 9.88 Å². The van der Waals surface area contributed by atoms with E-state index < -0.39 is 5.97 Å². The van der Waals surface area contributed by atoms with Gasteiger partial charge in [-0.05, 0) is 50.2 Å². The molecule has 1 saturated heterocycles. The fourth-order valence-corrected chi connectivity index (χ4v) is 3.18. The highest BCUT2D eigenvalue weighted by Crippen LogP contribution is 2.39. The molecule has 2 fully saturated rings. The average molecular weight is 302 g/mol. The lowest BCUT2D eigenvalue weighted by atomic mass is 9.93. The summed E-state index contributed by atoms with van der Waals surface area (Å²) in [6.07, 6.45) is 6.89. The molecule has 1 aromatic rings. The maximum absolute atomic E-state index is 12.7. The molecule has 3 rings (SSSR count). The lowest BCUT2D eigenvalue weighted by molar-refractivity contribution is -0.137. The summed E-state index contributed by atoms with van der Waals surface area (Å²) in [6, 6.07) is 3.72. The molecule has 2 heterocycles. The summed E-state index contributed by atoms with van der Waals surface area (Å²) in [7, 11) is 0. The number of carbonyl (C=O) groups excluding carboxylic acids is 1. The molecule has 0 bridgehead atoms. The maximum atomic E-state index is 12.7. The highest BCUT2D eigenvalue weighted by atomic mass is 16.4. The Morgan fingerprint density at radius 3 is 2.86 bits per heavy atom. The number of nitrogens with zero attached hydrogens (tertiary/aromatic N) is 2. The zero-order valence-electron chi connectivity index (χ0n) is 12.7. The molecule has 5 heteroatoms. The number of pyridine rings is 1. The van der Waals surface area contributed by atoms with Crippen molar-refractivity contribution >= 4 is 11.9 Å². The van der Waals surface area contributed by atoms with Gasteiger partial charge in [-0.15, -0.1) is 0 Å². The minimum atomic E-state index is -0.758. The molecule has 1 unspecified atom stereocenters. The van der Waals surface area contributed by atoms with Gasteiger partial charge in [0.25, 0.3) is 5.91 Å². The summed E-state index contributed by atoms with van der Waals surface area (Å²) in [6.45, 7) is 1.44. The number of rotatable bonds is 5. The lowest BCUT2D eigenvalue weighted by Gasteiger charge is -2.32. The number of carbonyl (C=O) groups is 2. The fraction of sp³-hybridized carbons (Fsp3) is 0.588. The van der Waals surface area contributed by atoms with E-state index >= 15 is 0 Å². The number of carboxylic acid groups (broad SMARTS) is 1. The fourth-order valence-electron chi connectivity index (χ4n) is 3.18. The van der Waals surface area contributed by atoms with E-state index in [1.807, 2.05) is 11.0 Å². The summed E-state index contributed by atoms with van der Waals surface area (Å²) in [5.74, 6) is 0.145. The highest BCUT2D eigenvalue weighted by Gasteiger charge is 2.28. The molecule has 1 aliphatic carbocycles. The number of aromatic nitrogens is 1. The summed E-state index contributed by atoms with van der Waals surface area (Å²) in [5, 5.41) is 8.80. The van der Waals surface area contributed by atoms with Gasteiger partial charge in [0.15, 0.2) is 0 Å². The Kier molecular flexibility index (Phi) is 4.41. The molecule has 118 valence electrons. The van der Waals surface area contributed by atoms with E-state index in [0.717, 1.165) is 30.6 Å². The Balaban J connectivity index is 1.63. The number of aliphatic carboxylic acids is 1. The van der Waals surface area contributed by atoms with Crippen LogP contribution in [0.15, 0.2) is 18.3 Å². The average Bonchev–Trinajstić information content (AvgIpc) is 3.37. The van der Waals surface area contributed by atoms with Gasteiger partial charge >= 0.3 is 5.97 Å². The van der Waals surface area contributed by atoms with E-state index in [1.165, 1.54) is 12.8 Å². The minimum absolute atomic E-state index is 0.0596. The van der Waals surface area contributed by atoms with E-state index in [-0.39, 0.29) is 12.3 Å². The number of hydrogen-bond acceptors (Lipinski definition) is 3. The number of hydrogen-bond donors (Lipinski definition) is 1. The lowest BCUT2D eigenvalue weighted by Crippen LogP contribution is -2.40. The first-order valence-corrected chi connectivity index (χ1v) is 8.10. The van der Waals surface area contributed by atoms with Gasteiger partial charge in [0.1, 0.15) is 0 Å². The normalized spacial score (nSPS) is 21.6. The van der Waals surface area contributed by atoms with Gasteiger partial charge in [-0.2, -0.15) is 0 Å². The van der Waals surface area contributed by atoms with Crippen molar-refractivity contribution in [2.45, 2.75) is 44.4 Å². The number of amides is 1. The first-order chi connectivity index (χ1) is 10.6. The third-order valence-corrected chi connectivity index (χ3v) is 4.60. The van der Waals surface area contributed by atoms with Crippen molar-refractivity contribution in [3.63, 3.8) is 0 Å². The molecule has 5 nitrogen and oxygen atoms in total. The summed E-state index contributed by atoms with van der Waals surface area (Å²) >= 11 is 0. The second-order valence-electron chi connectivity index (χ2n) is 6.44. The van der Waals surface area contributed by atoms with Gasteiger partial charge in [-0.25, -0.2) is 0 Å². The first kappa shape index (κ1) is 15.0. The minimum Gasteiger partial charge on any atom is -0.481 e. The standard InChI is InChI=1S/C17H22N2O3/c20-16(21)6-3-12-2-1-9-19(11-12)17(22)14-7-8-18-15(10-14)13-4-5-13/h7-8,10,12-13H,1-6,9,11H2,(H,20,21). The molecule has 1 N–H and O–H groups in total. The Labute approximate surface area is 130 Å². The van der Waals surface area contributed by atoms with Crippen LogP contribution in [-0.2, 0) is 4.79 Å². The second kappa shape index (κ2) is 6.46. The molecule has 1 saturated carbocycles. The zero-order valence-corrected chi connectivity index (χ0v) is 12.7. The number of piperidine rings is 1. The van der Waals surface area contributed by atoms with Crippen molar-refractivity contribution in [1.29, 1.82) is 0 Å². The topological polar surface area (TPSA) is 70.5 Å². The third kappa shape index (κ3) is 3.64. The van der Waals surface area contributed by atoms with Crippen LogP contribution >= 0.6 is 0 Å². The quantitative estimate of drug-likeness (QED) is 0.907. The molecule has 2 aliphatic rings. The van der Waals surface area contributed by atoms with E-state index in [4.69, 9.17) is 5.11 Å². The van der Waals surface area contributed by atoms with Crippen LogP contribution in [0.4, 0.5) is 0 Å². The van der Waals surface area contributed by atoms with E-state index in [1.54, 1.807) is 12.3 Å². The molecular weight excluding hydrogens is 280 g/mol. The predicted molar refractivity (Wildman–Crippen MR) is 81.7 cm³/mol. The van der Waals surface area contributed by atoms with Crippen LogP contribution in [0.25, 0.3) is 0 Å². The molecule has 22 heavy (non-hydrogen) atoms. The van der Waals surface area contributed by atoms with E-state index in [9.17, 15) is 9.59 Å². The van der Waals surface area contributed by atoms with Crippen molar-refractivity contribution in [3.8, 4) is 0 Å². The Morgan fingerprint density at radius 2 is 2.14 bits per heavy atom. The largest absolute Gasteiger partial charge is 0.481 e. The van der Waals surface area contributed by atoms with Gasteiger partial charge < -0.3 is 10.0 Å². The highest BCUT2D eigenvalue weighted by molar-refractivity contribution is 5.94. The summed E-state index contributed by atoms with van der Waals surface area (Å²) < 4.78 is 0. The van der Waals surface area contributed by atoms with Crippen molar-refractivity contribution in [3.05, 3.63) is 29.6 Å². The second-order valence-corrected chi connectivity index (χ2v) is 6.44. The molecule has 1 aliphatic heterocycles. The van der Waals surface area contributed by atoms with Crippen LogP contribution in [0.1, 0.15) is 60.5 Å². The van der Waals surface area contributed by atoms with E-state index in [2.05, 4.69) is 4.98 Å². The van der Waals surface area contributed by atoms with Gasteiger partial charge in [-0.3, -0.25) is 14.6 Å². The first-order valence-electron chi connectivity index (χ1n) is 8.10. The molecule has 1 atom stereocenters. The molecule has 0 radical (unpaired) electrons. The SMILES string of the molecule is O=C(O)CCC1CCCN(C(=O)c2ccnc(C3CC3)c2)C1. The van der Waals surface area contributed by atoms with Crippen molar-refractivity contribution in [2.24, 2.45) is 5.92 Å². The van der Waals surface area contributed by atoms with Gasteiger partial charge in [0, 0.05) is 42.9 Å². The Morgan fingerprint density at radius 1 is 1.32 bits per heavy atom. The van der Waals surface area contributed by atoms with E-state index in [0.29, 0.717) is 24.8 Å². The molecule has 1 amide bonds. The Hall–Kier alpha value is -1.91. The molecule has 1 aromatic heterocycles. The van der Waals surface area contributed by atoms with Crippen LogP contribution in [0.2, 0.25) is 0 Å². The zero-order chi connectivity index (χ0) is 15.5. The summed E-state index contributed by atoms with van der Waals surface area (Å²) in [5.41, 5.74) is 1.75. The van der Waals surface area contributed by atoms with Crippen molar-refractivity contribution < 1.29 is 14.7 Å². The summed E-state index contributed by atoms with van der Waals surface area (Å²) in [4.78, 5) is 29.6. The smallest absolute Gasteiger partial charge is 0.303 e. The monoisotopic (exact) mass is 302 g/mol. The third-order valence-electron chi connectivity index (χ3n) is 4.60. The number of carboxylic acids is 1. The molecule has 0 spiro atoms.